The van der Waals surface area contributed by atoms with Crippen LogP contribution in [0.15, 0.2) is 62.7 Å². The maximum Gasteiger partial charge on any atom is 0.344 e. The summed E-state index contributed by atoms with van der Waals surface area (Å²) in [5.41, 5.74) is 3.79. The Labute approximate surface area is 201 Å². The quantitative estimate of drug-likeness (QED) is 0.237. The SMILES string of the molecule is CCOC(=O)COc1c(Br)cc(/C=N/NC(=O)COc2cccc3cccnc23)cc1Br. The van der Waals surface area contributed by atoms with Gasteiger partial charge in [0.1, 0.15) is 17.0 Å². The van der Waals surface area contributed by atoms with Gasteiger partial charge in [-0.3, -0.25) is 9.78 Å². The molecule has 0 atom stereocenters. The fourth-order valence-corrected chi connectivity index (χ4v) is 4.12. The van der Waals surface area contributed by atoms with Gasteiger partial charge in [-0.25, -0.2) is 10.2 Å². The molecule has 0 fully saturated rings. The number of carbonyl (C=O) groups excluding carboxylic acids is 2. The molecule has 1 heterocycles. The minimum Gasteiger partial charge on any atom is -0.481 e. The molecule has 8 nitrogen and oxygen atoms in total. The number of aromatic nitrogens is 1. The van der Waals surface area contributed by atoms with E-state index in [4.69, 9.17) is 14.2 Å². The summed E-state index contributed by atoms with van der Waals surface area (Å²) in [4.78, 5) is 27.8. The first-order chi connectivity index (χ1) is 15.5. The third-order valence-corrected chi connectivity index (χ3v) is 5.20. The second kappa shape index (κ2) is 11.6. The molecule has 0 aliphatic heterocycles. The number of hydrogen-bond acceptors (Lipinski definition) is 7. The predicted molar refractivity (Wildman–Crippen MR) is 127 cm³/mol. The summed E-state index contributed by atoms with van der Waals surface area (Å²) in [7, 11) is 0. The molecule has 0 unspecified atom stereocenters. The molecule has 2 aromatic carbocycles. The number of ether oxygens (including phenoxy) is 3. The van der Waals surface area contributed by atoms with Crippen molar-refractivity contribution in [2.45, 2.75) is 6.92 Å². The number of pyridine rings is 1. The maximum absolute atomic E-state index is 12.1. The lowest BCUT2D eigenvalue weighted by Gasteiger charge is -2.10. The highest BCUT2D eigenvalue weighted by molar-refractivity contribution is 9.11. The molecule has 0 aliphatic carbocycles. The number of hydrogen-bond donors (Lipinski definition) is 1. The van der Waals surface area contributed by atoms with Crippen LogP contribution in [0.1, 0.15) is 12.5 Å². The van der Waals surface area contributed by atoms with E-state index in [1.165, 1.54) is 6.21 Å². The molecule has 3 rings (SSSR count). The predicted octanol–water partition coefficient (Wildman–Crippen LogP) is 4.23. The van der Waals surface area contributed by atoms with Gasteiger partial charge in [0.15, 0.2) is 13.2 Å². The highest BCUT2D eigenvalue weighted by Crippen LogP contribution is 2.34. The number of nitrogens with one attached hydrogen (secondary N) is 1. The monoisotopic (exact) mass is 563 g/mol. The summed E-state index contributed by atoms with van der Waals surface area (Å²) in [5.74, 6) is 0.104. The molecule has 1 amide bonds. The zero-order chi connectivity index (χ0) is 22.9. The van der Waals surface area contributed by atoms with Crippen molar-refractivity contribution < 1.29 is 23.8 Å². The first kappa shape index (κ1) is 23.7. The van der Waals surface area contributed by atoms with Crippen LogP contribution in [-0.2, 0) is 14.3 Å². The lowest BCUT2D eigenvalue weighted by atomic mass is 10.2. The van der Waals surface area contributed by atoms with Gasteiger partial charge >= 0.3 is 5.97 Å². The van der Waals surface area contributed by atoms with Crippen LogP contribution < -0.4 is 14.9 Å². The minimum absolute atomic E-state index is 0.207. The number of benzene rings is 2. The Morgan fingerprint density at radius 3 is 2.59 bits per heavy atom. The highest BCUT2D eigenvalue weighted by atomic mass is 79.9. The Balaban J connectivity index is 1.54. The topological polar surface area (TPSA) is 99.1 Å². The van der Waals surface area contributed by atoms with Crippen molar-refractivity contribution in [3.63, 3.8) is 0 Å². The van der Waals surface area contributed by atoms with Gasteiger partial charge in [0, 0.05) is 11.6 Å². The van der Waals surface area contributed by atoms with Crippen molar-refractivity contribution in [1.29, 1.82) is 0 Å². The van der Waals surface area contributed by atoms with Crippen molar-refractivity contribution in [3.05, 3.63) is 63.2 Å². The number of hydrazone groups is 1. The zero-order valence-electron chi connectivity index (χ0n) is 17.0. The summed E-state index contributed by atoms with van der Waals surface area (Å²) >= 11 is 6.79. The Kier molecular flexibility index (Phi) is 8.57. The lowest BCUT2D eigenvalue weighted by molar-refractivity contribution is -0.145. The molecule has 32 heavy (non-hydrogen) atoms. The van der Waals surface area contributed by atoms with Crippen LogP contribution in [0.25, 0.3) is 10.9 Å². The molecule has 0 aliphatic rings. The molecule has 0 saturated carbocycles. The normalized spacial score (nSPS) is 10.8. The Hall–Kier alpha value is -2.98. The van der Waals surface area contributed by atoms with Crippen molar-refractivity contribution in [2.75, 3.05) is 19.8 Å². The van der Waals surface area contributed by atoms with Crippen molar-refractivity contribution in [2.24, 2.45) is 5.10 Å². The molecule has 0 spiro atoms. The van der Waals surface area contributed by atoms with E-state index >= 15 is 0 Å². The Morgan fingerprint density at radius 2 is 1.84 bits per heavy atom. The van der Waals surface area contributed by atoms with Gasteiger partial charge in [-0.05, 0) is 68.6 Å². The second-order valence-electron chi connectivity index (χ2n) is 6.32. The van der Waals surface area contributed by atoms with E-state index in [-0.39, 0.29) is 19.8 Å². The van der Waals surface area contributed by atoms with Gasteiger partial charge in [-0.15, -0.1) is 0 Å². The van der Waals surface area contributed by atoms with Gasteiger partial charge in [-0.2, -0.15) is 5.10 Å². The van der Waals surface area contributed by atoms with E-state index in [0.29, 0.717) is 31.5 Å². The average molecular weight is 565 g/mol. The van der Waals surface area contributed by atoms with Crippen LogP contribution in [0.4, 0.5) is 0 Å². The number of carbonyl (C=O) groups is 2. The van der Waals surface area contributed by atoms with Gasteiger partial charge in [0.2, 0.25) is 0 Å². The molecule has 166 valence electrons. The first-order valence-electron chi connectivity index (χ1n) is 9.54. The van der Waals surface area contributed by atoms with E-state index in [1.807, 2.05) is 24.3 Å². The van der Waals surface area contributed by atoms with E-state index in [1.54, 1.807) is 31.3 Å². The molecule has 1 aromatic heterocycles. The standard InChI is InChI=1S/C22H19Br2N3O5/c1-2-30-20(29)13-32-22-16(23)9-14(10-17(22)24)11-26-27-19(28)12-31-18-7-3-5-15-6-4-8-25-21(15)18/h3-11H,2,12-13H2,1H3,(H,27,28)/b26-11+. The summed E-state index contributed by atoms with van der Waals surface area (Å²) in [6, 6.07) is 12.7. The van der Waals surface area contributed by atoms with Crippen molar-refractivity contribution in [1.82, 2.24) is 10.4 Å². The largest absolute Gasteiger partial charge is 0.481 e. The molecule has 0 saturated heterocycles. The summed E-state index contributed by atoms with van der Waals surface area (Å²) in [6.07, 6.45) is 3.14. The van der Waals surface area contributed by atoms with Gasteiger partial charge in [0.05, 0.1) is 21.8 Å². The fraction of sp³-hybridized carbons (Fsp3) is 0.182. The average Bonchev–Trinajstić information content (AvgIpc) is 2.77. The van der Waals surface area contributed by atoms with E-state index in [0.717, 1.165) is 5.39 Å². The van der Waals surface area contributed by atoms with Gasteiger partial charge in [0.25, 0.3) is 5.91 Å². The lowest BCUT2D eigenvalue weighted by Crippen LogP contribution is -2.24. The smallest absolute Gasteiger partial charge is 0.344 e. The summed E-state index contributed by atoms with van der Waals surface area (Å²) < 4.78 is 17.1. The highest BCUT2D eigenvalue weighted by Gasteiger charge is 2.11. The Morgan fingerprint density at radius 1 is 1.09 bits per heavy atom. The molecule has 1 N–H and O–H groups in total. The summed E-state index contributed by atoms with van der Waals surface area (Å²) in [6.45, 7) is 1.60. The number of fused-ring (bicyclic) bond motifs is 1. The third kappa shape index (κ3) is 6.51. The number of amides is 1. The van der Waals surface area contributed by atoms with Gasteiger partial charge in [-0.1, -0.05) is 18.2 Å². The second-order valence-corrected chi connectivity index (χ2v) is 8.03. The maximum atomic E-state index is 12.1. The molecule has 3 aromatic rings. The Bertz CT molecular complexity index is 1130. The molecule has 10 heteroatoms. The molecular formula is C22H19Br2N3O5. The van der Waals surface area contributed by atoms with Crippen LogP contribution in [0.3, 0.4) is 0 Å². The van der Waals surface area contributed by atoms with E-state index in [2.05, 4.69) is 47.4 Å². The van der Waals surface area contributed by atoms with E-state index in [9.17, 15) is 9.59 Å². The molecule has 0 radical (unpaired) electrons. The number of nitrogens with zero attached hydrogens (tertiary/aromatic N) is 2. The van der Waals surface area contributed by atoms with Gasteiger partial charge < -0.3 is 14.2 Å². The van der Waals surface area contributed by atoms with Crippen molar-refractivity contribution >= 4 is 60.9 Å². The summed E-state index contributed by atoms with van der Waals surface area (Å²) in [5, 5.41) is 4.88. The van der Waals surface area contributed by atoms with E-state index < -0.39 is 11.9 Å². The van der Waals surface area contributed by atoms with Crippen LogP contribution in [-0.4, -0.2) is 42.9 Å². The van der Waals surface area contributed by atoms with Crippen LogP contribution in [0.5, 0.6) is 11.5 Å². The van der Waals surface area contributed by atoms with Crippen LogP contribution >= 0.6 is 31.9 Å². The third-order valence-electron chi connectivity index (χ3n) is 4.02. The number of esters is 1. The van der Waals surface area contributed by atoms with Crippen LogP contribution in [0, 0.1) is 0 Å². The van der Waals surface area contributed by atoms with Crippen LogP contribution in [0.2, 0.25) is 0 Å². The van der Waals surface area contributed by atoms with Crippen molar-refractivity contribution in [3.8, 4) is 11.5 Å². The molecular weight excluding hydrogens is 546 g/mol. The number of para-hydroxylation sites is 1. The minimum atomic E-state index is -0.457. The zero-order valence-corrected chi connectivity index (χ0v) is 20.2. The molecule has 0 bridgehead atoms. The number of rotatable bonds is 9. The first-order valence-corrected chi connectivity index (χ1v) is 11.1. The number of halogens is 2. The fourth-order valence-electron chi connectivity index (χ4n) is 2.67.